The molecule has 1 aliphatic heterocycles. The van der Waals surface area contributed by atoms with Gasteiger partial charge in [-0.3, -0.25) is 4.90 Å². The molecule has 0 aromatic heterocycles. The van der Waals surface area contributed by atoms with Crippen molar-refractivity contribution in [2.75, 3.05) is 40.3 Å². The van der Waals surface area contributed by atoms with Crippen molar-refractivity contribution >= 4 is 0 Å². The molecule has 0 aliphatic carbocycles. The fourth-order valence-electron chi connectivity index (χ4n) is 2.14. The molecule has 1 heterocycles. The Kier molecular flexibility index (Phi) is 4.81. The van der Waals surface area contributed by atoms with Gasteiger partial charge in [-0.1, -0.05) is 0 Å². The van der Waals surface area contributed by atoms with Crippen LogP contribution in [0.4, 0.5) is 0 Å². The number of nitrogens with two attached hydrogens (primary N) is 1. The quantitative estimate of drug-likeness (QED) is 0.619. The van der Waals surface area contributed by atoms with Gasteiger partial charge in [-0.05, 0) is 40.0 Å². The van der Waals surface area contributed by atoms with E-state index in [1.54, 1.807) is 0 Å². The summed E-state index contributed by atoms with van der Waals surface area (Å²) in [7, 11) is 4.15. The van der Waals surface area contributed by atoms with Crippen molar-refractivity contribution < 1.29 is 5.11 Å². The normalized spacial score (nSPS) is 28.9. The monoisotopic (exact) mass is 201 g/mol. The summed E-state index contributed by atoms with van der Waals surface area (Å²) in [6, 6.07) is 0.506. The SMILES string of the molecule is CN(C)CC1CC(O)CN1CCCN. The van der Waals surface area contributed by atoms with Crippen molar-refractivity contribution in [2.24, 2.45) is 5.73 Å². The van der Waals surface area contributed by atoms with Gasteiger partial charge in [0, 0.05) is 19.1 Å². The van der Waals surface area contributed by atoms with Gasteiger partial charge in [0.1, 0.15) is 0 Å². The summed E-state index contributed by atoms with van der Waals surface area (Å²) in [5.41, 5.74) is 5.49. The zero-order chi connectivity index (χ0) is 10.6. The second kappa shape index (κ2) is 5.66. The molecule has 1 rings (SSSR count). The van der Waals surface area contributed by atoms with Gasteiger partial charge < -0.3 is 15.7 Å². The first-order valence-corrected chi connectivity index (χ1v) is 5.40. The van der Waals surface area contributed by atoms with Crippen molar-refractivity contribution in [3.8, 4) is 0 Å². The Morgan fingerprint density at radius 2 is 2.21 bits per heavy atom. The fourth-order valence-corrected chi connectivity index (χ4v) is 2.14. The lowest BCUT2D eigenvalue weighted by atomic mass is 10.2. The van der Waals surface area contributed by atoms with Crippen LogP contribution >= 0.6 is 0 Å². The van der Waals surface area contributed by atoms with E-state index in [9.17, 15) is 5.11 Å². The van der Waals surface area contributed by atoms with Crippen molar-refractivity contribution in [1.29, 1.82) is 0 Å². The maximum absolute atomic E-state index is 9.59. The molecule has 0 spiro atoms. The van der Waals surface area contributed by atoms with Gasteiger partial charge in [-0.15, -0.1) is 0 Å². The van der Waals surface area contributed by atoms with Crippen LogP contribution in [0.1, 0.15) is 12.8 Å². The van der Waals surface area contributed by atoms with E-state index in [-0.39, 0.29) is 6.10 Å². The van der Waals surface area contributed by atoms with Crippen LogP contribution in [-0.4, -0.2) is 67.3 Å². The minimum absolute atomic E-state index is 0.141. The van der Waals surface area contributed by atoms with E-state index < -0.39 is 0 Å². The molecule has 2 atom stereocenters. The summed E-state index contributed by atoms with van der Waals surface area (Å²) in [6.45, 7) is 3.60. The molecule has 4 nitrogen and oxygen atoms in total. The molecule has 84 valence electrons. The summed E-state index contributed by atoms with van der Waals surface area (Å²) in [6.07, 6.45) is 1.79. The first-order valence-electron chi connectivity index (χ1n) is 5.40. The predicted octanol–water partition coefficient (Wildman–Crippen LogP) is -0.668. The predicted molar refractivity (Wildman–Crippen MR) is 58.2 cm³/mol. The zero-order valence-corrected chi connectivity index (χ0v) is 9.32. The van der Waals surface area contributed by atoms with Crippen molar-refractivity contribution in [3.05, 3.63) is 0 Å². The minimum Gasteiger partial charge on any atom is -0.392 e. The van der Waals surface area contributed by atoms with Gasteiger partial charge in [-0.25, -0.2) is 0 Å². The molecule has 0 saturated carbocycles. The number of aliphatic hydroxyl groups is 1. The molecule has 3 N–H and O–H groups in total. The summed E-state index contributed by atoms with van der Waals surface area (Å²) >= 11 is 0. The molecular formula is C10H23N3O. The summed E-state index contributed by atoms with van der Waals surface area (Å²) < 4.78 is 0. The van der Waals surface area contributed by atoms with Crippen LogP contribution in [0.15, 0.2) is 0 Å². The van der Waals surface area contributed by atoms with Crippen LogP contribution in [0.25, 0.3) is 0 Å². The molecule has 0 aromatic rings. The number of nitrogens with zero attached hydrogens (tertiary/aromatic N) is 2. The summed E-state index contributed by atoms with van der Waals surface area (Å²) in [4.78, 5) is 4.54. The van der Waals surface area contributed by atoms with E-state index in [1.807, 2.05) is 0 Å². The topological polar surface area (TPSA) is 52.7 Å². The summed E-state index contributed by atoms with van der Waals surface area (Å²) in [5.74, 6) is 0. The van der Waals surface area contributed by atoms with Gasteiger partial charge >= 0.3 is 0 Å². The zero-order valence-electron chi connectivity index (χ0n) is 9.32. The number of likely N-dealkylation sites (N-methyl/N-ethyl adjacent to an activating group) is 1. The average Bonchev–Trinajstić information content (AvgIpc) is 2.41. The molecular weight excluding hydrogens is 178 g/mol. The third kappa shape index (κ3) is 3.53. The molecule has 0 bridgehead atoms. The molecule has 1 aliphatic rings. The first kappa shape index (κ1) is 11.9. The van der Waals surface area contributed by atoms with Crippen molar-refractivity contribution in [3.63, 3.8) is 0 Å². The van der Waals surface area contributed by atoms with Gasteiger partial charge in [-0.2, -0.15) is 0 Å². The van der Waals surface area contributed by atoms with E-state index in [1.165, 1.54) is 0 Å². The molecule has 1 saturated heterocycles. The van der Waals surface area contributed by atoms with Gasteiger partial charge in [0.05, 0.1) is 6.10 Å². The number of aliphatic hydroxyl groups excluding tert-OH is 1. The van der Waals surface area contributed by atoms with E-state index >= 15 is 0 Å². The minimum atomic E-state index is -0.141. The molecule has 4 heteroatoms. The van der Waals surface area contributed by atoms with Crippen LogP contribution in [0, 0.1) is 0 Å². The highest BCUT2D eigenvalue weighted by Crippen LogP contribution is 2.18. The maximum Gasteiger partial charge on any atom is 0.0682 e. The van der Waals surface area contributed by atoms with Crippen LogP contribution < -0.4 is 5.73 Å². The Morgan fingerprint density at radius 1 is 1.50 bits per heavy atom. The molecule has 2 unspecified atom stereocenters. The van der Waals surface area contributed by atoms with Crippen LogP contribution in [0.2, 0.25) is 0 Å². The summed E-state index contributed by atoms with van der Waals surface area (Å²) in [5, 5.41) is 9.59. The standard InChI is InChI=1S/C10H23N3O/c1-12(2)7-9-6-10(14)8-13(9)5-3-4-11/h9-10,14H,3-8,11H2,1-2H3. The van der Waals surface area contributed by atoms with Crippen LogP contribution in [0.5, 0.6) is 0 Å². The average molecular weight is 201 g/mol. The lowest BCUT2D eigenvalue weighted by Crippen LogP contribution is -2.38. The Morgan fingerprint density at radius 3 is 2.79 bits per heavy atom. The van der Waals surface area contributed by atoms with E-state index in [0.29, 0.717) is 6.04 Å². The number of hydrogen-bond donors (Lipinski definition) is 2. The molecule has 0 radical (unpaired) electrons. The Hall–Kier alpha value is -0.160. The third-order valence-electron chi connectivity index (χ3n) is 2.73. The smallest absolute Gasteiger partial charge is 0.0682 e. The van der Waals surface area contributed by atoms with Crippen LogP contribution in [-0.2, 0) is 0 Å². The van der Waals surface area contributed by atoms with Crippen LogP contribution in [0.3, 0.4) is 0 Å². The lowest BCUT2D eigenvalue weighted by molar-refractivity contribution is 0.172. The van der Waals surface area contributed by atoms with E-state index in [0.717, 1.165) is 39.0 Å². The van der Waals surface area contributed by atoms with Crippen molar-refractivity contribution in [2.45, 2.75) is 25.0 Å². The Labute approximate surface area is 86.7 Å². The Balaban J connectivity index is 2.37. The van der Waals surface area contributed by atoms with E-state index in [4.69, 9.17) is 5.73 Å². The van der Waals surface area contributed by atoms with E-state index in [2.05, 4.69) is 23.9 Å². The highest BCUT2D eigenvalue weighted by atomic mass is 16.3. The van der Waals surface area contributed by atoms with Gasteiger partial charge in [0.15, 0.2) is 0 Å². The van der Waals surface area contributed by atoms with Crippen molar-refractivity contribution in [1.82, 2.24) is 9.80 Å². The Bertz CT molecular complexity index is 163. The lowest BCUT2D eigenvalue weighted by Gasteiger charge is -2.26. The number of hydrogen-bond acceptors (Lipinski definition) is 4. The van der Waals surface area contributed by atoms with Gasteiger partial charge in [0.25, 0.3) is 0 Å². The first-order chi connectivity index (χ1) is 6.63. The molecule has 14 heavy (non-hydrogen) atoms. The molecule has 0 amide bonds. The molecule has 0 aromatic carbocycles. The highest BCUT2D eigenvalue weighted by molar-refractivity contribution is 4.86. The number of β-amino-alcohol motifs (C(OH)–C–C–N with tert-alkyl or cyclic N) is 1. The number of likely N-dealkylation sites (tertiary alicyclic amines) is 1. The van der Waals surface area contributed by atoms with Gasteiger partial charge in [0.2, 0.25) is 0 Å². The second-order valence-electron chi connectivity index (χ2n) is 4.44. The number of rotatable bonds is 5. The second-order valence-corrected chi connectivity index (χ2v) is 4.44. The molecule has 1 fully saturated rings. The largest absolute Gasteiger partial charge is 0.392 e. The maximum atomic E-state index is 9.59. The third-order valence-corrected chi connectivity index (χ3v) is 2.73. The highest BCUT2D eigenvalue weighted by Gasteiger charge is 2.30. The fraction of sp³-hybridized carbons (Fsp3) is 1.00.